The molecule has 0 aromatic heterocycles. The van der Waals surface area contributed by atoms with Crippen LogP contribution in [0.25, 0.3) is 0 Å². The molecule has 2 aromatic rings. The molecule has 0 spiro atoms. The molecule has 0 aliphatic rings. The first kappa shape index (κ1) is 14.1. The van der Waals surface area contributed by atoms with Gasteiger partial charge in [0.05, 0.1) is 0 Å². The number of alkyl halides is 1. The van der Waals surface area contributed by atoms with E-state index < -0.39 is 11.6 Å². The molecule has 0 radical (unpaired) electrons. The van der Waals surface area contributed by atoms with E-state index in [9.17, 15) is 13.2 Å². The largest absolute Gasteiger partial charge is 0.207 e. The monoisotopic (exact) mass is 328 g/mol. The first-order valence-electron chi connectivity index (χ1n) is 5.86. The molecule has 0 N–H and O–H groups in total. The van der Waals surface area contributed by atoms with E-state index in [2.05, 4.69) is 15.9 Å². The quantitative estimate of drug-likeness (QED) is 0.705. The lowest BCUT2D eigenvalue weighted by molar-refractivity contribution is 0.506. The summed E-state index contributed by atoms with van der Waals surface area (Å²) in [6, 6.07) is 10.3. The summed E-state index contributed by atoms with van der Waals surface area (Å²) >= 11 is 3.34. The molecule has 0 fully saturated rings. The van der Waals surface area contributed by atoms with Crippen LogP contribution in [-0.2, 0) is 6.42 Å². The molecule has 1 unspecified atom stereocenters. The summed E-state index contributed by atoms with van der Waals surface area (Å²) < 4.78 is 39.7. The highest BCUT2D eigenvalue weighted by molar-refractivity contribution is 9.09. The highest BCUT2D eigenvalue weighted by atomic mass is 79.9. The maximum Gasteiger partial charge on any atom is 0.159 e. The van der Waals surface area contributed by atoms with E-state index in [1.165, 1.54) is 12.1 Å². The van der Waals surface area contributed by atoms with E-state index in [0.717, 1.165) is 12.1 Å². The fourth-order valence-electron chi connectivity index (χ4n) is 2.00. The first-order valence-corrected chi connectivity index (χ1v) is 6.98. The Bertz CT molecular complexity index is 569. The lowest BCUT2D eigenvalue weighted by atomic mass is 9.93. The summed E-state index contributed by atoms with van der Waals surface area (Å²) in [7, 11) is 0. The minimum absolute atomic E-state index is 0.119. The van der Waals surface area contributed by atoms with Gasteiger partial charge in [-0.2, -0.15) is 0 Å². The van der Waals surface area contributed by atoms with E-state index in [0.29, 0.717) is 22.9 Å². The molecule has 0 saturated heterocycles. The van der Waals surface area contributed by atoms with Crippen LogP contribution in [0, 0.1) is 17.5 Å². The third-order valence-electron chi connectivity index (χ3n) is 3.00. The fraction of sp³-hybridized carbons (Fsp3) is 0.200. The zero-order valence-electron chi connectivity index (χ0n) is 10.0. The molecule has 19 heavy (non-hydrogen) atoms. The Morgan fingerprint density at radius 2 is 1.63 bits per heavy atom. The van der Waals surface area contributed by atoms with Crippen LogP contribution in [-0.4, -0.2) is 5.33 Å². The zero-order valence-corrected chi connectivity index (χ0v) is 11.6. The van der Waals surface area contributed by atoms with Crippen molar-refractivity contribution in [2.45, 2.75) is 12.3 Å². The van der Waals surface area contributed by atoms with Crippen molar-refractivity contribution in [2.75, 3.05) is 5.33 Å². The van der Waals surface area contributed by atoms with Crippen molar-refractivity contribution in [1.82, 2.24) is 0 Å². The molecule has 4 heteroatoms. The summed E-state index contributed by atoms with van der Waals surface area (Å²) in [5.41, 5.74) is 1.22. The number of hydrogen-bond acceptors (Lipinski definition) is 0. The average molecular weight is 329 g/mol. The molecule has 0 saturated carbocycles. The maximum atomic E-state index is 13.7. The van der Waals surface area contributed by atoms with Crippen molar-refractivity contribution in [1.29, 1.82) is 0 Å². The van der Waals surface area contributed by atoms with Crippen LogP contribution in [0.4, 0.5) is 13.2 Å². The normalized spacial score (nSPS) is 12.4. The lowest BCUT2D eigenvalue weighted by Crippen LogP contribution is -2.07. The van der Waals surface area contributed by atoms with Gasteiger partial charge in [-0.15, -0.1) is 0 Å². The molecule has 100 valence electrons. The molecular formula is C15H12BrF3. The second-order valence-corrected chi connectivity index (χ2v) is 4.97. The molecule has 0 bridgehead atoms. The van der Waals surface area contributed by atoms with Gasteiger partial charge in [-0.1, -0.05) is 40.2 Å². The van der Waals surface area contributed by atoms with E-state index in [1.54, 1.807) is 18.2 Å². The Hall–Kier alpha value is -1.29. The number of rotatable bonds is 4. The fourth-order valence-corrected chi connectivity index (χ4v) is 2.58. The summed E-state index contributed by atoms with van der Waals surface area (Å²) in [6.45, 7) is 0. The molecule has 2 rings (SSSR count). The average Bonchev–Trinajstić information content (AvgIpc) is 2.41. The predicted octanol–water partition coefficient (Wildman–Crippen LogP) is 4.83. The molecule has 0 nitrogen and oxygen atoms in total. The van der Waals surface area contributed by atoms with E-state index in [4.69, 9.17) is 0 Å². The molecule has 0 heterocycles. The van der Waals surface area contributed by atoms with Gasteiger partial charge < -0.3 is 0 Å². The van der Waals surface area contributed by atoms with Gasteiger partial charge in [0.25, 0.3) is 0 Å². The summed E-state index contributed by atoms with van der Waals surface area (Å²) in [6.07, 6.45) is 0.448. The highest BCUT2D eigenvalue weighted by Gasteiger charge is 2.15. The first-order chi connectivity index (χ1) is 9.11. The second-order valence-electron chi connectivity index (χ2n) is 4.33. The van der Waals surface area contributed by atoms with Crippen LogP contribution in [0.1, 0.15) is 17.0 Å². The van der Waals surface area contributed by atoms with Crippen LogP contribution in [0.5, 0.6) is 0 Å². The summed E-state index contributed by atoms with van der Waals surface area (Å²) in [5.74, 6) is -2.15. The lowest BCUT2D eigenvalue weighted by Gasteiger charge is -2.15. The van der Waals surface area contributed by atoms with Crippen molar-refractivity contribution >= 4 is 15.9 Å². The topological polar surface area (TPSA) is 0 Å². The Kier molecular flexibility index (Phi) is 4.64. The second kappa shape index (κ2) is 6.24. The maximum absolute atomic E-state index is 13.7. The van der Waals surface area contributed by atoms with Gasteiger partial charge in [0.2, 0.25) is 0 Å². The van der Waals surface area contributed by atoms with E-state index >= 15 is 0 Å². The van der Waals surface area contributed by atoms with Gasteiger partial charge in [-0.3, -0.25) is 0 Å². The van der Waals surface area contributed by atoms with Crippen LogP contribution in [0.2, 0.25) is 0 Å². The molecule has 1 atom stereocenters. The smallest absolute Gasteiger partial charge is 0.159 e. The standard InChI is InChI=1S/C15H12BrF3/c16-9-11(12-3-1-2-4-13(12)17)7-10-5-6-14(18)15(19)8-10/h1-6,8,11H,7,9H2. The predicted molar refractivity (Wildman–Crippen MR) is 73.0 cm³/mol. The zero-order chi connectivity index (χ0) is 13.8. The van der Waals surface area contributed by atoms with E-state index in [-0.39, 0.29) is 11.7 Å². The molecule has 2 aromatic carbocycles. The van der Waals surface area contributed by atoms with Crippen molar-refractivity contribution in [3.8, 4) is 0 Å². The van der Waals surface area contributed by atoms with Crippen LogP contribution < -0.4 is 0 Å². The van der Waals surface area contributed by atoms with Gasteiger partial charge in [-0.05, 0) is 35.7 Å². The minimum atomic E-state index is -0.876. The molecular weight excluding hydrogens is 317 g/mol. The van der Waals surface area contributed by atoms with Crippen LogP contribution in [0.3, 0.4) is 0 Å². The number of benzene rings is 2. The highest BCUT2D eigenvalue weighted by Crippen LogP contribution is 2.25. The Morgan fingerprint density at radius 1 is 0.895 bits per heavy atom. The Morgan fingerprint density at radius 3 is 2.26 bits per heavy atom. The van der Waals surface area contributed by atoms with Crippen molar-refractivity contribution in [3.63, 3.8) is 0 Å². The van der Waals surface area contributed by atoms with Gasteiger partial charge in [0.1, 0.15) is 5.82 Å². The SMILES string of the molecule is Fc1ccc(CC(CBr)c2ccccc2F)cc1F. The summed E-state index contributed by atoms with van der Waals surface area (Å²) in [4.78, 5) is 0. The van der Waals surface area contributed by atoms with Gasteiger partial charge in [-0.25, -0.2) is 13.2 Å². The van der Waals surface area contributed by atoms with Crippen LogP contribution in [0.15, 0.2) is 42.5 Å². The molecule has 0 aliphatic heterocycles. The van der Waals surface area contributed by atoms with Gasteiger partial charge in [0.15, 0.2) is 11.6 Å². The third-order valence-corrected chi connectivity index (χ3v) is 3.78. The summed E-state index contributed by atoms with van der Waals surface area (Å²) in [5, 5.41) is 0.549. The Balaban J connectivity index is 2.24. The molecule has 0 amide bonds. The van der Waals surface area contributed by atoms with Gasteiger partial charge in [0, 0.05) is 11.2 Å². The van der Waals surface area contributed by atoms with Crippen LogP contribution >= 0.6 is 15.9 Å². The van der Waals surface area contributed by atoms with E-state index in [1.807, 2.05) is 0 Å². The number of halogens is 4. The van der Waals surface area contributed by atoms with Gasteiger partial charge >= 0.3 is 0 Å². The minimum Gasteiger partial charge on any atom is -0.207 e. The Labute approximate surface area is 118 Å². The molecule has 0 aliphatic carbocycles. The van der Waals surface area contributed by atoms with Crippen molar-refractivity contribution in [3.05, 3.63) is 71.0 Å². The number of hydrogen-bond donors (Lipinski definition) is 0. The third kappa shape index (κ3) is 3.38. The van der Waals surface area contributed by atoms with Crippen molar-refractivity contribution < 1.29 is 13.2 Å². The van der Waals surface area contributed by atoms with Crippen molar-refractivity contribution in [2.24, 2.45) is 0 Å².